The summed E-state index contributed by atoms with van der Waals surface area (Å²) in [7, 11) is 0. The second-order valence-electron chi connectivity index (χ2n) is 9.29. The highest BCUT2D eigenvalue weighted by Gasteiger charge is 2.21. The fourth-order valence-corrected chi connectivity index (χ4v) is 5.73. The van der Waals surface area contributed by atoms with E-state index in [1.165, 1.54) is 60.2 Å². The molecule has 0 fully saturated rings. The Morgan fingerprint density at radius 1 is 0.588 bits per heavy atom. The van der Waals surface area contributed by atoms with Crippen LogP contribution in [0.25, 0.3) is 49.0 Å². The Kier molecular flexibility index (Phi) is 4.38. The van der Waals surface area contributed by atoms with Gasteiger partial charge in [-0.1, -0.05) is 121 Å². The first-order chi connectivity index (χ1) is 16.9. The third-order valence-electron chi connectivity index (χ3n) is 7.34. The molecule has 2 aliphatic carbocycles. The summed E-state index contributed by atoms with van der Waals surface area (Å²) in [5, 5.41) is 7.82. The van der Waals surface area contributed by atoms with Gasteiger partial charge in [-0.05, 0) is 72.6 Å². The van der Waals surface area contributed by atoms with Crippen molar-refractivity contribution in [3.63, 3.8) is 0 Å². The lowest BCUT2D eigenvalue weighted by molar-refractivity contribution is 0.783. The van der Waals surface area contributed by atoms with Gasteiger partial charge < -0.3 is 0 Å². The molecule has 1 unspecified atom stereocenters. The van der Waals surface area contributed by atoms with Gasteiger partial charge in [0.25, 0.3) is 0 Å². The van der Waals surface area contributed by atoms with Crippen LogP contribution in [-0.4, -0.2) is 0 Å². The van der Waals surface area contributed by atoms with E-state index in [1.54, 1.807) is 0 Å². The predicted octanol–water partition coefficient (Wildman–Crippen LogP) is 9.27. The molecule has 2 aliphatic rings. The van der Waals surface area contributed by atoms with E-state index in [1.807, 2.05) is 0 Å². The Bertz CT molecular complexity index is 1670. The lowest BCUT2D eigenvalue weighted by Gasteiger charge is -2.24. The highest BCUT2D eigenvalue weighted by atomic mass is 14.2. The molecule has 7 rings (SSSR count). The van der Waals surface area contributed by atoms with E-state index in [2.05, 4.69) is 127 Å². The Balaban J connectivity index is 1.55. The van der Waals surface area contributed by atoms with Gasteiger partial charge in [-0.2, -0.15) is 0 Å². The second kappa shape index (κ2) is 7.71. The summed E-state index contributed by atoms with van der Waals surface area (Å²) in [5.41, 5.74) is 6.69. The summed E-state index contributed by atoms with van der Waals surface area (Å²) in [6.45, 7) is 0. The monoisotopic (exact) mass is 432 g/mol. The van der Waals surface area contributed by atoms with E-state index in [4.69, 9.17) is 0 Å². The maximum atomic E-state index is 2.43. The van der Waals surface area contributed by atoms with Crippen molar-refractivity contribution in [2.24, 2.45) is 5.92 Å². The molecule has 0 amide bonds. The molecule has 0 heterocycles. The summed E-state index contributed by atoms with van der Waals surface area (Å²) < 4.78 is 0. The van der Waals surface area contributed by atoms with Crippen molar-refractivity contribution in [3.8, 4) is 11.1 Å². The van der Waals surface area contributed by atoms with Crippen molar-refractivity contribution in [3.05, 3.63) is 139 Å². The third kappa shape index (κ3) is 2.99. The SMILES string of the molecule is C1=CC2=CC(c3c4ccccc4c(-c4ccc5ccccc5c4)c4ccccc34)=CCC2C=C1. The normalized spacial score (nSPS) is 17.1. The van der Waals surface area contributed by atoms with Crippen molar-refractivity contribution < 1.29 is 0 Å². The van der Waals surface area contributed by atoms with Crippen LogP contribution in [0.15, 0.2) is 133 Å². The van der Waals surface area contributed by atoms with Crippen LogP contribution in [-0.2, 0) is 0 Å². The average molecular weight is 433 g/mol. The summed E-state index contributed by atoms with van der Waals surface area (Å²) in [4.78, 5) is 0. The minimum absolute atomic E-state index is 0.503. The number of fused-ring (bicyclic) bond motifs is 4. The van der Waals surface area contributed by atoms with Gasteiger partial charge in [0.2, 0.25) is 0 Å². The first-order valence-electron chi connectivity index (χ1n) is 12.1. The maximum absolute atomic E-state index is 2.43. The largest absolute Gasteiger partial charge is 0.0767 e. The molecule has 0 aromatic heterocycles. The molecule has 0 radical (unpaired) electrons. The van der Waals surface area contributed by atoms with Crippen molar-refractivity contribution in [2.75, 3.05) is 0 Å². The van der Waals surface area contributed by atoms with E-state index in [9.17, 15) is 0 Å². The van der Waals surface area contributed by atoms with Crippen molar-refractivity contribution in [2.45, 2.75) is 6.42 Å². The quantitative estimate of drug-likeness (QED) is 0.244. The first-order valence-corrected chi connectivity index (χ1v) is 12.1. The molecule has 0 bridgehead atoms. The van der Waals surface area contributed by atoms with Gasteiger partial charge >= 0.3 is 0 Å². The number of hydrogen-bond acceptors (Lipinski definition) is 0. The van der Waals surface area contributed by atoms with E-state index in [-0.39, 0.29) is 0 Å². The van der Waals surface area contributed by atoms with Crippen LogP contribution in [0.5, 0.6) is 0 Å². The number of hydrogen-bond donors (Lipinski definition) is 0. The van der Waals surface area contributed by atoms with Gasteiger partial charge in [-0.25, -0.2) is 0 Å². The van der Waals surface area contributed by atoms with E-state index in [0.717, 1.165) is 6.42 Å². The number of benzene rings is 5. The molecular weight excluding hydrogens is 408 g/mol. The fraction of sp³-hybridized carbons (Fsp3) is 0.0588. The van der Waals surface area contributed by atoms with E-state index >= 15 is 0 Å². The Morgan fingerprint density at radius 2 is 1.24 bits per heavy atom. The third-order valence-corrected chi connectivity index (χ3v) is 7.34. The Morgan fingerprint density at radius 3 is 1.97 bits per heavy atom. The molecule has 5 aromatic rings. The number of allylic oxidation sites excluding steroid dienone is 8. The standard InChI is InChI=1S/C34H24/c1-3-11-25-21-27(19-17-23(25)9-1)33-29-13-5-7-15-31(29)34(32-16-8-6-14-30(32)33)28-20-18-24-10-2-4-12-26(24)22-28/h1-17,19-22,24H,18H2. The molecular formula is C34H24. The van der Waals surface area contributed by atoms with Gasteiger partial charge in [0, 0.05) is 5.92 Å². The van der Waals surface area contributed by atoms with Gasteiger partial charge in [0.15, 0.2) is 0 Å². The minimum atomic E-state index is 0.503. The average Bonchev–Trinajstić information content (AvgIpc) is 2.91. The molecule has 0 N–H and O–H groups in total. The van der Waals surface area contributed by atoms with Crippen LogP contribution >= 0.6 is 0 Å². The highest BCUT2D eigenvalue weighted by Crippen LogP contribution is 2.44. The molecule has 5 aromatic carbocycles. The Labute approximate surface area is 199 Å². The molecule has 0 saturated heterocycles. The van der Waals surface area contributed by atoms with Gasteiger partial charge in [0.05, 0.1) is 0 Å². The predicted molar refractivity (Wildman–Crippen MR) is 147 cm³/mol. The molecule has 0 spiro atoms. The van der Waals surface area contributed by atoms with Gasteiger partial charge in [0.1, 0.15) is 0 Å². The molecule has 0 heteroatoms. The van der Waals surface area contributed by atoms with Crippen LogP contribution in [0.4, 0.5) is 0 Å². The molecule has 0 aliphatic heterocycles. The molecule has 0 saturated carbocycles. The smallest absolute Gasteiger partial charge is 0.00561 e. The summed E-state index contributed by atoms with van der Waals surface area (Å²) in [6.07, 6.45) is 14.8. The zero-order valence-corrected chi connectivity index (χ0v) is 18.9. The van der Waals surface area contributed by atoms with Crippen molar-refractivity contribution in [1.29, 1.82) is 0 Å². The second-order valence-corrected chi connectivity index (χ2v) is 9.29. The van der Waals surface area contributed by atoms with Gasteiger partial charge in [-0.15, -0.1) is 0 Å². The first kappa shape index (κ1) is 19.3. The minimum Gasteiger partial charge on any atom is -0.0767 e. The van der Waals surface area contributed by atoms with E-state index < -0.39 is 0 Å². The lowest BCUT2D eigenvalue weighted by Crippen LogP contribution is -2.06. The van der Waals surface area contributed by atoms with Crippen molar-refractivity contribution in [1.82, 2.24) is 0 Å². The topological polar surface area (TPSA) is 0 Å². The maximum Gasteiger partial charge on any atom is 0.00561 e. The van der Waals surface area contributed by atoms with Crippen LogP contribution in [0, 0.1) is 5.92 Å². The molecule has 0 nitrogen and oxygen atoms in total. The zero-order valence-electron chi connectivity index (χ0n) is 18.9. The zero-order chi connectivity index (χ0) is 22.5. The van der Waals surface area contributed by atoms with Crippen LogP contribution in [0.3, 0.4) is 0 Å². The van der Waals surface area contributed by atoms with Crippen LogP contribution in [0.1, 0.15) is 12.0 Å². The summed E-state index contributed by atoms with van der Waals surface area (Å²) in [6, 6.07) is 33.4. The van der Waals surface area contributed by atoms with Gasteiger partial charge in [-0.3, -0.25) is 0 Å². The van der Waals surface area contributed by atoms with Crippen molar-refractivity contribution >= 4 is 37.9 Å². The summed E-state index contributed by atoms with van der Waals surface area (Å²) in [5.74, 6) is 0.503. The number of rotatable bonds is 2. The lowest BCUT2D eigenvalue weighted by atomic mass is 9.80. The Hall–Kier alpha value is -4.16. The molecule has 160 valence electrons. The molecule has 34 heavy (non-hydrogen) atoms. The van der Waals surface area contributed by atoms with E-state index in [0.29, 0.717) is 5.92 Å². The van der Waals surface area contributed by atoms with Crippen LogP contribution in [0.2, 0.25) is 0 Å². The van der Waals surface area contributed by atoms with Crippen LogP contribution < -0.4 is 0 Å². The highest BCUT2D eigenvalue weighted by molar-refractivity contribution is 6.20. The fourth-order valence-electron chi connectivity index (χ4n) is 5.73. The molecule has 1 atom stereocenters. The summed E-state index contributed by atoms with van der Waals surface area (Å²) >= 11 is 0.